The van der Waals surface area contributed by atoms with Gasteiger partial charge in [0.1, 0.15) is 11.9 Å². The van der Waals surface area contributed by atoms with Crippen LogP contribution in [0.1, 0.15) is 23.0 Å². The molecule has 1 amide bonds. The first kappa shape index (κ1) is 15.4. The van der Waals surface area contributed by atoms with E-state index in [1.807, 2.05) is 38.1 Å². The van der Waals surface area contributed by atoms with Crippen LogP contribution in [-0.4, -0.2) is 28.8 Å². The second-order valence-electron chi connectivity index (χ2n) is 6.26. The minimum absolute atomic E-state index is 0.111. The fourth-order valence-corrected chi connectivity index (χ4v) is 3.09. The number of carbonyl (C=O) groups is 1. The van der Waals surface area contributed by atoms with Gasteiger partial charge in [0.2, 0.25) is 5.43 Å². The zero-order valence-electron chi connectivity index (χ0n) is 13.9. The Morgan fingerprint density at radius 1 is 1.28 bits per heavy atom. The number of nitrogens with one attached hydrogen (secondary N) is 1. The molecule has 0 fully saturated rings. The number of rotatable bonds is 1. The zero-order valence-corrected chi connectivity index (χ0v) is 13.9. The minimum atomic E-state index is -0.422. The molecule has 4 rings (SSSR count). The second-order valence-corrected chi connectivity index (χ2v) is 6.26. The molecular formula is C19H17N3O3. The van der Waals surface area contributed by atoms with Crippen LogP contribution in [0.25, 0.3) is 10.9 Å². The summed E-state index contributed by atoms with van der Waals surface area (Å²) >= 11 is 0. The van der Waals surface area contributed by atoms with Gasteiger partial charge >= 0.3 is 0 Å². The standard InChI is InChI=1S/C19H17N3O3/c1-11-7-8-16-15(9-11)22(10-12(2)25-16)19(24)17-18(23)13-5-3-4-6-14(13)20-21-17/h3-9,12H,10H2,1-2H3,(H,20,23)/t12-/m0/s1. The summed E-state index contributed by atoms with van der Waals surface area (Å²) in [7, 11) is 0. The van der Waals surface area contributed by atoms with Gasteiger partial charge in [-0.2, -0.15) is 5.10 Å². The molecule has 0 aliphatic carbocycles. The fourth-order valence-electron chi connectivity index (χ4n) is 3.09. The van der Waals surface area contributed by atoms with Crippen molar-refractivity contribution in [2.75, 3.05) is 11.4 Å². The lowest BCUT2D eigenvalue weighted by Crippen LogP contribution is -2.44. The third-order valence-corrected chi connectivity index (χ3v) is 4.30. The molecule has 0 radical (unpaired) electrons. The number of carbonyl (C=O) groups excluding carboxylic acids is 1. The van der Waals surface area contributed by atoms with Crippen molar-refractivity contribution in [2.24, 2.45) is 0 Å². The van der Waals surface area contributed by atoms with Crippen molar-refractivity contribution in [3.8, 4) is 5.75 Å². The summed E-state index contributed by atoms with van der Waals surface area (Å²) < 4.78 is 5.80. The van der Waals surface area contributed by atoms with E-state index in [1.54, 1.807) is 23.1 Å². The average Bonchev–Trinajstić information content (AvgIpc) is 2.61. The molecule has 2 heterocycles. The minimum Gasteiger partial charge on any atom is -0.487 e. The van der Waals surface area contributed by atoms with Crippen molar-refractivity contribution in [3.05, 3.63) is 63.9 Å². The summed E-state index contributed by atoms with van der Waals surface area (Å²) in [6.45, 7) is 4.20. The lowest BCUT2D eigenvalue weighted by atomic mass is 10.1. The Bertz CT molecular complexity index is 1040. The van der Waals surface area contributed by atoms with Gasteiger partial charge in [0, 0.05) is 5.39 Å². The molecule has 1 aliphatic heterocycles. The summed E-state index contributed by atoms with van der Waals surface area (Å²) in [4.78, 5) is 27.4. The Balaban J connectivity index is 1.83. The van der Waals surface area contributed by atoms with E-state index in [4.69, 9.17) is 4.74 Å². The second kappa shape index (κ2) is 5.73. The summed E-state index contributed by atoms with van der Waals surface area (Å²) in [5, 5.41) is 7.28. The number of para-hydroxylation sites is 1. The fraction of sp³-hybridized carbons (Fsp3) is 0.211. The van der Waals surface area contributed by atoms with Crippen LogP contribution < -0.4 is 15.1 Å². The highest BCUT2D eigenvalue weighted by molar-refractivity contribution is 6.07. The van der Waals surface area contributed by atoms with Crippen LogP contribution in [0.15, 0.2) is 47.3 Å². The van der Waals surface area contributed by atoms with Gasteiger partial charge in [-0.05, 0) is 43.7 Å². The van der Waals surface area contributed by atoms with Gasteiger partial charge in [0.05, 0.1) is 17.7 Å². The summed E-state index contributed by atoms with van der Waals surface area (Å²) in [6.07, 6.45) is -0.168. The number of ether oxygens (including phenoxy) is 1. The van der Waals surface area contributed by atoms with Crippen LogP contribution in [0.5, 0.6) is 5.75 Å². The smallest absolute Gasteiger partial charge is 0.283 e. The van der Waals surface area contributed by atoms with Crippen molar-refractivity contribution in [1.29, 1.82) is 0 Å². The van der Waals surface area contributed by atoms with Gasteiger partial charge in [0.15, 0.2) is 5.69 Å². The number of aromatic amines is 1. The van der Waals surface area contributed by atoms with Crippen LogP contribution in [0.3, 0.4) is 0 Å². The number of H-pyrrole nitrogens is 1. The highest BCUT2D eigenvalue weighted by Crippen LogP contribution is 2.34. The van der Waals surface area contributed by atoms with Gasteiger partial charge < -0.3 is 4.74 Å². The maximum atomic E-state index is 13.1. The maximum absolute atomic E-state index is 13.1. The third-order valence-electron chi connectivity index (χ3n) is 4.30. The van der Waals surface area contributed by atoms with E-state index in [0.29, 0.717) is 28.9 Å². The van der Waals surface area contributed by atoms with Crippen LogP contribution >= 0.6 is 0 Å². The molecule has 1 N–H and O–H groups in total. The Hall–Kier alpha value is -3.15. The molecule has 6 nitrogen and oxygen atoms in total. The topological polar surface area (TPSA) is 75.3 Å². The highest BCUT2D eigenvalue weighted by Gasteiger charge is 2.30. The molecule has 1 atom stereocenters. The van der Waals surface area contributed by atoms with Crippen LogP contribution in [0.2, 0.25) is 0 Å². The molecule has 2 aromatic carbocycles. The van der Waals surface area contributed by atoms with E-state index >= 15 is 0 Å². The largest absolute Gasteiger partial charge is 0.487 e. The highest BCUT2D eigenvalue weighted by atomic mass is 16.5. The number of aryl methyl sites for hydroxylation is 1. The number of fused-ring (bicyclic) bond motifs is 2. The molecule has 6 heteroatoms. The van der Waals surface area contributed by atoms with E-state index in [1.165, 1.54) is 0 Å². The van der Waals surface area contributed by atoms with E-state index in [9.17, 15) is 9.59 Å². The normalized spacial score (nSPS) is 16.4. The lowest BCUT2D eigenvalue weighted by Gasteiger charge is -2.33. The quantitative estimate of drug-likeness (QED) is 0.742. The van der Waals surface area contributed by atoms with Crippen molar-refractivity contribution >= 4 is 22.5 Å². The van der Waals surface area contributed by atoms with Crippen LogP contribution in [-0.2, 0) is 0 Å². The molecule has 126 valence electrons. The van der Waals surface area contributed by atoms with Crippen molar-refractivity contribution in [2.45, 2.75) is 20.0 Å². The molecular weight excluding hydrogens is 318 g/mol. The SMILES string of the molecule is Cc1ccc2c(c1)N(C(=O)c1n[nH]c3ccccc3c1=O)C[C@H](C)O2. The number of aromatic nitrogens is 2. The molecule has 25 heavy (non-hydrogen) atoms. The van der Waals surface area contributed by atoms with Crippen molar-refractivity contribution in [3.63, 3.8) is 0 Å². The first-order chi connectivity index (χ1) is 12.0. The van der Waals surface area contributed by atoms with Gasteiger partial charge in [0.25, 0.3) is 5.91 Å². The maximum Gasteiger partial charge on any atom is 0.283 e. The Kier molecular flexibility index (Phi) is 3.53. The van der Waals surface area contributed by atoms with E-state index in [0.717, 1.165) is 5.56 Å². The van der Waals surface area contributed by atoms with E-state index < -0.39 is 5.91 Å². The van der Waals surface area contributed by atoms with Gasteiger partial charge in [-0.1, -0.05) is 18.2 Å². The van der Waals surface area contributed by atoms with Gasteiger partial charge in [-0.3, -0.25) is 19.6 Å². The molecule has 0 bridgehead atoms. The number of hydrogen-bond acceptors (Lipinski definition) is 4. The number of hydrogen-bond donors (Lipinski definition) is 1. The zero-order chi connectivity index (χ0) is 17.6. The first-order valence-corrected chi connectivity index (χ1v) is 8.11. The average molecular weight is 335 g/mol. The predicted octanol–water partition coefficient (Wildman–Crippen LogP) is 2.66. The van der Waals surface area contributed by atoms with Gasteiger partial charge in [-0.25, -0.2) is 0 Å². The number of amides is 1. The summed E-state index contributed by atoms with van der Waals surface area (Å²) in [5.74, 6) is 0.212. The predicted molar refractivity (Wildman–Crippen MR) is 95.3 cm³/mol. The summed E-state index contributed by atoms with van der Waals surface area (Å²) in [5.41, 5.74) is 1.80. The molecule has 0 spiro atoms. The molecule has 0 saturated carbocycles. The van der Waals surface area contributed by atoms with Crippen molar-refractivity contribution < 1.29 is 9.53 Å². The Morgan fingerprint density at radius 2 is 2.08 bits per heavy atom. The van der Waals surface area contributed by atoms with Crippen LogP contribution in [0.4, 0.5) is 5.69 Å². The number of benzene rings is 2. The molecule has 1 aromatic heterocycles. The van der Waals surface area contributed by atoms with E-state index in [-0.39, 0.29) is 17.2 Å². The lowest BCUT2D eigenvalue weighted by molar-refractivity contribution is 0.0954. The monoisotopic (exact) mass is 335 g/mol. The molecule has 3 aromatic rings. The Labute approximate surface area is 144 Å². The molecule has 1 aliphatic rings. The third kappa shape index (κ3) is 2.55. The Morgan fingerprint density at radius 3 is 2.92 bits per heavy atom. The van der Waals surface area contributed by atoms with Crippen LogP contribution in [0, 0.1) is 6.92 Å². The van der Waals surface area contributed by atoms with Gasteiger partial charge in [-0.15, -0.1) is 0 Å². The molecule has 0 unspecified atom stereocenters. The molecule has 0 saturated heterocycles. The van der Waals surface area contributed by atoms with Crippen molar-refractivity contribution in [1.82, 2.24) is 10.2 Å². The first-order valence-electron chi connectivity index (χ1n) is 8.11. The summed E-state index contributed by atoms with van der Waals surface area (Å²) in [6, 6.07) is 12.7. The number of anilines is 1. The van der Waals surface area contributed by atoms with E-state index in [2.05, 4.69) is 10.2 Å². The number of nitrogens with zero attached hydrogens (tertiary/aromatic N) is 2.